The van der Waals surface area contributed by atoms with Gasteiger partial charge in [0.1, 0.15) is 33.5 Å². The highest BCUT2D eigenvalue weighted by molar-refractivity contribution is 6.59. The molecule has 0 saturated carbocycles. The SMILES string of the molecule is C.C.Clc1nc(Cl)nc(-c2cccc(-c3ccccc3)c2)n1.OB(O)c1ccc2oc3ccccc3c2c1.c1ccc(-c2cccc(-c3nc(-c4ccc5oc6ccccc6c5c4)nc(-c4ccc5oc6ccccc6c5c4)n3)c2)cc1. The molecule has 0 amide bonds. The highest BCUT2D eigenvalue weighted by Crippen LogP contribution is 2.36. The Labute approximate surface area is 482 Å². The molecule has 10 aromatic carbocycles. The lowest BCUT2D eigenvalue weighted by Gasteiger charge is -2.10. The molecule has 0 spiro atoms. The Hall–Kier alpha value is -9.82. The van der Waals surface area contributed by atoms with Crippen molar-refractivity contribution in [2.45, 2.75) is 14.9 Å². The second kappa shape index (κ2) is 23.5. The molecule has 5 heterocycles. The van der Waals surface area contributed by atoms with Crippen molar-refractivity contribution in [1.29, 1.82) is 0 Å². The average Bonchev–Trinajstić information content (AvgIpc) is 4.37. The first-order valence-corrected chi connectivity index (χ1v) is 26.3. The number of hydrogen-bond acceptors (Lipinski definition) is 11. The first kappa shape index (κ1) is 54.2. The van der Waals surface area contributed by atoms with E-state index in [2.05, 4.69) is 69.5 Å². The van der Waals surface area contributed by atoms with Crippen molar-refractivity contribution in [3.63, 3.8) is 0 Å². The third-order valence-corrected chi connectivity index (χ3v) is 14.0. The van der Waals surface area contributed by atoms with Crippen molar-refractivity contribution in [3.05, 3.63) is 247 Å². The summed E-state index contributed by atoms with van der Waals surface area (Å²) >= 11 is 11.6. The van der Waals surface area contributed by atoms with Gasteiger partial charge in [-0.05, 0) is 124 Å². The summed E-state index contributed by atoms with van der Waals surface area (Å²) in [5.41, 5.74) is 13.4. The van der Waals surface area contributed by atoms with Crippen LogP contribution in [0.4, 0.5) is 0 Å². The van der Waals surface area contributed by atoms with Gasteiger partial charge in [-0.25, -0.2) is 15.0 Å². The van der Waals surface area contributed by atoms with Crippen LogP contribution in [0.25, 0.3) is 134 Å². The predicted molar refractivity (Wildman–Crippen MR) is 334 cm³/mol. The normalized spacial score (nSPS) is 11.0. The minimum atomic E-state index is -1.45. The number of hydrogen-bond donors (Lipinski definition) is 2. The third-order valence-electron chi connectivity index (χ3n) is 13.6. The smallest absolute Gasteiger partial charge is 0.456 e. The molecule has 15 aromatic rings. The summed E-state index contributed by atoms with van der Waals surface area (Å²) in [6.45, 7) is 0. The predicted octanol–water partition coefficient (Wildman–Crippen LogP) is 17.4. The highest BCUT2D eigenvalue weighted by Gasteiger charge is 2.18. The van der Waals surface area contributed by atoms with Crippen LogP contribution in [0.2, 0.25) is 10.6 Å². The van der Waals surface area contributed by atoms with E-state index in [0.717, 1.165) is 110 Å². The summed E-state index contributed by atoms with van der Waals surface area (Å²) in [5, 5.41) is 24.5. The Bertz CT molecular complexity index is 4610. The van der Waals surface area contributed by atoms with Crippen LogP contribution in [0.5, 0.6) is 0 Å². The monoisotopic (exact) mass is 1110 g/mol. The fourth-order valence-electron chi connectivity index (χ4n) is 9.79. The molecule has 0 bridgehead atoms. The van der Waals surface area contributed by atoms with Crippen molar-refractivity contribution in [1.82, 2.24) is 29.9 Å². The Morgan fingerprint density at radius 1 is 0.268 bits per heavy atom. The molecule has 82 heavy (non-hydrogen) atoms. The molecule has 0 aliphatic rings. The van der Waals surface area contributed by atoms with Gasteiger partial charge in [0.15, 0.2) is 23.3 Å². The van der Waals surface area contributed by atoms with Crippen LogP contribution < -0.4 is 5.46 Å². The molecular formula is C68H49BCl2N6O5. The van der Waals surface area contributed by atoms with E-state index in [1.807, 2.05) is 164 Å². The van der Waals surface area contributed by atoms with Gasteiger partial charge in [0.05, 0.1) is 0 Å². The van der Waals surface area contributed by atoms with Crippen LogP contribution in [0, 0.1) is 0 Å². The zero-order chi connectivity index (χ0) is 54.1. The first-order chi connectivity index (χ1) is 39.2. The quantitative estimate of drug-likeness (QED) is 0.146. The second-order valence-corrected chi connectivity index (χ2v) is 19.4. The zero-order valence-electron chi connectivity index (χ0n) is 42.2. The van der Waals surface area contributed by atoms with E-state index in [1.165, 1.54) is 0 Å². The van der Waals surface area contributed by atoms with E-state index < -0.39 is 7.12 Å². The molecule has 14 heteroatoms. The topological polar surface area (TPSA) is 157 Å². The maximum absolute atomic E-state index is 9.12. The Kier molecular flexibility index (Phi) is 15.5. The number of benzene rings is 10. The van der Waals surface area contributed by atoms with Crippen LogP contribution in [0.3, 0.4) is 0 Å². The summed E-state index contributed by atoms with van der Waals surface area (Å²) in [5.74, 6) is 2.27. The van der Waals surface area contributed by atoms with Crippen molar-refractivity contribution >= 4 is 102 Å². The number of nitrogens with zero attached hydrogens (tertiary/aromatic N) is 6. The summed E-state index contributed by atoms with van der Waals surface area (Å²) in [4.78, 5) is 27.1. The van der Waals surface area contributed by atoms with Crippen LogP contribution in [0.15, 0.2) is 250 Å². The molecule has 15 rings (SSSR count). The molecule has 0 saturated heterocycles. The van der Waals surface area contributed by atoms with Crippen molar-refractivity contribution in [2.75, 3.05) is 0 Å². The van der Waals surface area contributed by atoms with Crippen LogP contribution >= 0.6 is 23.2 Å². The number of para-hydroxylation sites is 3. The third kappa shape index (κ3) is 11.1. The number of aromatic nitrogens is 6. The number of fused-ring (bicyclic) bond motifs is 9. The lowest BCUT2D eigenvalue weighted by molar-refractivity contribution is 0.426. The largest absolute Gasteiger partial charge is 0.488 e. The maximum Gasteiger partial charge on any atom is 0.488 e. The molecule has 398 valence electrons. The molecule has 0 unspecified atom stereocenters. The molecule has 0 atom stereocenters. The van der Waals surface area contributed by atoms with Crippen molar-refractivity contribution in [3.8, 4) is 67.8 Å². The Morgan fingerprint density at radius 3 is 1.00 bits per heavy atom. The zero-order valence-corrected chi connectivity index (χ0v) is 43.7. The van der Waals surface area contributed by atoms with Gasteiger partial charge in [-0.15, -0.1) is 0 Å². The number of rotatable bonds is 7. The van der Waals surface area contributed by atoms with E-state index in [-0.39, 0.29) is 25.4 Å². The van der Waals surface area contributed by atoms with Gasteiger partial charge in [-0.3, -0.25) is 0 Å². The molecule has 0 radical (unpaired) electrons. The van der Waals surface area contributed by atoms with Crippen molar-refractivity contribution < 1.29 is 23.3 Å². The molecule has 11 nitrogen and oxygen atoms in total. The molecule has 0 aliphatic heterocycles. The van der Waals surface area contributed by atoms with Gasteiger partial charge in [-0.2, -0.15) is 15.0 Å². The second-order valence-electron chi connectivity index (χ2n) is 18.7. The van der Waals surface area contributed by atoms with Gasteiger partial charge in [0.25, 0.3) is 0 Å². The number of furan rings is 3. The maximum atomic E-state index is 9.12. The summed E-state index contributed by atoms with van der Waals surface area (Å²) in [6, 6.07) is 77.9. The molecule has 2 N–H and O–H groups in total. The molecule has 0 fully saturated rings. The Morgan fingerprint density at radius 2 is 0.585 bits per heavy atom. The van der Waals surface area contributed by atoms with Crippen molar-refractivity contribution in [2.24, 2.45) is 0 Å². The summed E-state index contributed by atoms with van der Waals surface area (Å²) in [7, 11) is -1.45. The van der Waals surface area contributed by atoms with Gasteiger partial charge in [0.2, 0.25) is 10.6 Å². The fraction of sp³-hybridized carbons (Fsp3) is 0.0294. The summed E-state index contributed by atoms with van der Waals surface area (Å²) < 4.78 is 17.8. The van der Waals surface area contributed by atoms with Crippen LogP contribution in [0.1, 0.15) is 14.9 Å². The lowest BCUT2D eigenvalue weighted by Crippen LogP contribution is -2.29. The fourth-order valence-corrected chi connectivity index (χ4v) is 10.2. The van der Waals surface area contributed by atoms with E-state index in [1.54, 1.807) is 18.2 Å². The van der Waals surface area contributed by atoms with Crippen LogP contribution in [-0.4, -0.2) is 47.1 Å². The first-order valence-electron chi connectivity index (χ1n) is 25.5. The van der Waals surface area contributed by atoms with Crippen LogP contribution in [-0.2, 0) is 0 Å². The average molecular weight is 1110 g/mol. The van der Waals surface area contributed by atoms with E-state index in [0.29, 0.717) is 28.8 Å². The van der Waals surface area contributed by atoms with Gasteiger partial charge in [0, 0.05) is 54.6 Å². The van der Waals surface area contributed by atoms with Gasteiger partial charge < -0.3 is 23.3 Å². The molecular weight excluding hydrogens is 1060 g/mol. The van der Waals surface area contributed by atoms with Gasteiger partial charge in [-0.1, -0.05) is 179 Å². The standard InChI is InChI=1S/C39H23N3O2.C15H9Cl2N3.C12H9BO3.2CH4/c1-2-9-24(10-3-1)25-11-8-12-26(21-25)37-40-38(27-17-19-35-31(22-27)29-13-4-6-15-33(29)43-35)42-39(41-37)28-18-20-36-32(23-28)30-14-5-7-16-34(30)44-36;16-14-18-13(19-15(17)20-14)12-8-4-7-11(9-12)10-5-2-1-3-6-10;14-13(15)8-5-6-12-10(7-8)9-3-1-2-4-11(9)16-12;;/h1-23H;1-9H;1-7,14-15H;2*1H4. The minimum Gasteiger partial charge on any atom is -0.456 e. The molecule has 5 aromatic heterocycles. The van der Waals surface area contributed by atoms with Gasteiger partial charge >= 0.3 is 7.12 Å². The Balaban J connectivity index is 0.000000153. The summed E-state index contributed by atoms with van der Waals surface area (Å²) in [6.07, 6.45) is 0. The van der Waals surface area contributed by atoms with E-state index in [4.69, 9.17) is 61.5 Å². The highest BCUT2D eigenvalue weighted by atomic mass is 35.5. The minimum absolute atomic E-state index is 0. The number of halogens is 2. The van der Waals surface area contributed by atoms with E-state index >= 15 is 0 Å². The lowest BCUT2D eigenvalue weighted by atomic mass is 9.80. The molecule has 0 aliphatic carbocycles. The van der Waals surface area contributed by atoms with E-state index in [9.17, 15) is 0 Å².